The Morgan fingerprint density at radius 3 is 2.85 bits per heavy atom. The third-order valence-corrected chi connectivity index (χ3v) is 6.75. The molecule has 0 bridgehead atoms. The molecule has 1 heterocycles. The number of carbonyl (C=O) groups is 3. The summed E-state index contributed by atoms with van der Waals surface area (Å²) in [5.41, 5.74) is 0.757. The maximum Gasteiger partial charge on any atom is 0.307 e. The molecule has 1 saturated carbocycles. The average molecular weight is 391 g/mol. The number of hydrogen-bond acceptors (Lipinski definition) is 5. The molecule has 1 fully saturated rings. The number of para-hydroxylation sites is 1. The van der Waals surface area contributed by atoms with Crippen molar-refractivity contribution in [3.05, 3.63) is 24.3 Å². The minimum Gasteiger partial charge on any atom is -0.456 e. The van der Waals surface area contributed by atoms with Crippen LogP contribution in [0.5, 0.6) is 0 Å². The fraction of sp³-hybridized carbons (Fsp3) is 0.550. The van der Waals surface area contributed by atoms with Crippen LogP contribution in [0.4, 0.5) is 5.69 Å². The van der Waals surface area contributed by atoms with E-state index < -0.39 is 11.2 Å². The Morgan fingerprint density at radius 2 is 2.04 bits per heavy atom. The van der Waals surface area contributed by atoms with Crippen molar-refractivity contribution in [1.82, 2.24) is 5.32 Å². The number of esters is 1. The smallest absolute Gasteiger partial charge is 0.307 e. The Kier molecular flexibility index (Phi) is 6.42. The second kappa shape index (κ2) is 8.78. The van der Waals surface area contributed by atoms with Crippen molar-refractivity contribution in [2.24, 2.45) is 11.8 Å². The normalized spacial score (nSPS) is 27.3. The third-order valence-electron chi connectivity index (χ3n) is 5.48. The van der Waals surface area contributed by atoms with E-state index in [1.54, 1.807) is 0 Å². The summed E-state index contributed by atoms with van der Waals surface area (Å²) in [6.45, 7) is 4.05. The highest BCUT2D eigenvalue weighted by atomic mass is 32.2. The van der Waals surface area contributed by atoms with Gasteiger partial charge in [-0.2, -0.15) is 0 Å². The first kappa shape index (κ1) is 19.7. The van der Waals surface area contributed by atoms with Gasteiger partial charge >= 0.3 is 5.97 Å². The molecule has 0 radical (unpaired) electrons. The van der Waals surface area contributed by atoms with Gasteiger partial charge in [0.1, 0.15) is 0 Å². The van der Waals surface area contributed by atoms with Crippen LogP contribution in [0.1, 0.15) is 39.5 Å². The molecule has 2 amide bonds. The number of thioether (sulfide) groups is 1. The van der Waals surface area contributed by atoms with Gasteiger partial charge in [0.05, 0.1) is 17.4 Å². The molecule has 6 nitrogen and oxygen atoms in total. The van der Waals surface area contributed by atoms with Crippen molar-refractivity contribution >= 4 is 35.2 Å². The summed E-state index contributed by atoms with van der Waals surface area (Å²) in [6, 6.07) is 7.59. The highest BCUT2D eigenvalue weighted by Crippen LogP contribution is 2.36. The highest BCUT2D eigenvalue weighted by molar-refractivity contribution is 8.01. The molecular weight excluding hydrogens is 364 g/mol. The number of ether oxygens (including phenoxy) is 1. The van der Waals surface area contributed by atoms with Gasteiger partial charge in [-0.3, -0.25) is 14.4 Å². The van der Waals surface area contributed by atoms with Crippen LogP contribution in [0.3, 0.4) is 0 Å². The van der Waals surface area contributed by atoms with Gasteiger partial charge in [0.25, 0.3) is 5.91 Å². The first-order valence-electron chi connectivity index (χ1n) is 9.45. The van der Waals surface area contributed by atoms with Gasteiger partial charge in [-0.25, -0.2) is 0 Å². The Balaban J connectivity index is 1.44. The molecule has 3 rings (SSSR count). The molecule has 0 spiro atoms. The van der Waals surface area contributed by atoms with E-state index >= 15 is 0 Å². The van der Waals surface area contributed by atoms with Crippen molar-refractivity contribution < 1.29 is 19.1 Å². The molecule has 0 aromatic heterocycles. The Bertz CT molecular complexity index is 724. The zero-order valence-corrected chi connectivity index (χ0v) is 16.5. The van der Waals surface area contributed by atoms with Crippen LogP contribution in [0.15, 0.2) is 29.2 Å². The van der Waals surface area contributed by atoms with Crippen molar-refractivity contribution in [2.45, 2.75) is 55.7 Å². The number of fused-ring (bicyclic) bond motifs is 1. The van der Waals surface area contributed by atoms with Crippen molar-refractivity contribution in [3.8, 4) is 0 Å². The largest absolute Gasteiger partial charge is 0.456 e. The number of amides is 2. The van der Waals surface area contributed by atoms with Gasteiger partial charge in [0, 0.05) is 10.9 Å². The second-order valence-electron chi connectivity index (χ2n) is 7.40. The number of rotatable bonds is 5. The van der Waals surface area contributed by atoms with Gasteiger partial charge in [-0.15, -0.1) is 11.8 Å². The van der Waals surface area contributed by atoms with Crippen LogP contribution < -0.4 is 10.6 Å². The standard InChI is InChI=1S/C20H26N2O4S/c1-12-6-5-8-14(13(12)2)21-18(23)11-26-19(24)10-17-20(25)22-15-7-3-4-9-16(15)27-17/h3-4,7,9,12-14,17H,5-6,8,10-11H2,1-2H3,(H,21,23)(H,22,25)/t12-,13+,14+,17+/m0/s1. The van der Waals surface area contributed by atoms with E-state index in [4.69, 9.17) is 4.74 Å². The van der Waals surface area contributed by atoms with Crippen molar-refractivity contribution in [1.29, 1.82) is 0 Å². The molecule has 0 unspecified atom stereocenters. The van der Waals surface area contributed by atoms with Crippen LogP contribution >= 0.6 is 11.8 Å². The summed E-state index contributed by atoms with van der Waals surface area (Å²) in [4.78, 5) is 37.3. The first-order valence-corrected chi connectivity index (χ1v) is 10.3. The predicted octanol–water partition coefficient (Wildman–Crippen LogP) is 2.97. The fourth-order valence-corrected chi connectivity index (χ4v) is 4.71. The van der Waals surface area contributed by atoms with Crippen LogP contribution in [0.2, 0.25) is 0 Å². The van der Waals surface area contributed by atoms with E-state index in [2.05, 4.69) is 24.5 Å². The zero-order valence-electron chi connectivity index (χ0n) is 15.7. The summed E-state index contributed by atoms with van der Waals surface area (Å²) in [5, 5.41) is 5.23. The van der Waals surface area contributed by atoms with Crippen LogP contribution in [0, 0.1) is 11.8 Å². The summed E-state index contributed by atoms with van der Waals surface area (Å²) in [7, 11) is 0. The monoisotopic (exact) mass is 390 g/mol. The predicted molar refractivity (Wildman–Crippen MR) is 104 cm³/mol. The lowest BCUT2D eigenvalue weighted by Crippen LogP contribution is -2.45. The quantitative estimate of drug-likeness (QED) is 0.755. The maximum atomic E-state index is 12.1. The number of carbonyl (C=O) groups excluding carboxylic acids is 3. The van der Waals surface area contributed by atoms with Crippen LogP contribution in [-0.2, 0) is 19.1 Å². The van der Waals surface area contributed by atoms with E-state index in [1.165, 1.54) is 18.2 Å². The van der Waals surface area contributed by atoms with Gasteiger partial charge in [-0.05, 0) is 30.4 Å². The van der Waals surface area contributed by atoms with Crippen molar-refractivity contribution in [3.63, 3.8) is 0 Å². The Hall–Kier alpha value is -2.02. The summed E-state index contributed by atoms with van der Waals surface area (Å²) >= 11 is 1.34. The van der Waals surface area contributed by atoms with Gasteiger partial charge in [0.15, 0.2) is 6.61 Å². The Morgan fingerprint density at radius 1 is 1.26 bits per heavy atom. The topological polar surface area (TPSA) is 84.5 Å². The van der Waals surface area contributed by atoms with E-state index in [0.29, 0.717) is 11.8 Å². The van der Waals surface area contributed by atoms with Crippen LogP contribution in [-0.4, -0.2) is 35.7 Å². The molecular formula is C20H26N2O4S. The maximum absolute atomic E-state index is 12.1. The highest BCUT2D eigenvalue weighted by Gasteiger charge is 2.30. The number of hydrogen-bond donors (Lipinski definition) is 2. The Labute approximate surface area is 163 Å². The molecule has 2 N–H and O–H groups in total. The number of benzene rings is 1. The number of anilines is 1. The molecule has 7 heteroatoms. The van der Waals surface area contributed by atoms with E-state index in [9.17, 15) is 14.4 Å². The first-order chi connectivity index (χ1) is 12.9. The van der Waals surface area contributed by atoms with Crippen molar-refractivity contribution in [2.75, 3.05) is 11.9 Å². The zero-order chi connectivity index (χ0) is 19.4. The fourth-order valence-electron chi connectivity index (χ4n) is 3.62. The minimum absolute atomic E-state index is 0.0605. The van der Waals surface area contributed by atoms with E-state index in [1.807, 2.05) is 24.3 Å². The second-order valence-corrected chi connectivity index (χ2v) is 8.64. The lowest BCUT2D eigenvalue weighted by molar-refractivity contribution is -0.149. The molecule has 27 heavy (non-hydrogen) atoms. The molecule has 1 aromatic carbocycles. The van der Waals surface area contributed by atoms with Gasteiger partial charge in [-0.1, -0.05) is 38.8 Å². The molecule has 1 aliphatic heterocycles. The van der Waals surface area contributed by atoms with E-state index in [0.717, 1.165) is 23.4 Å². The molecule has 2 aliphatic rings. The lowest BCUT2D eigenvalue weighted by atomic mass is 9.78. The summed E-state index contributed by atoms with van der Waals surface area (Å²) in [5.74, 6) is -0.0372. The minimum atomic E-state index is -0.547. The summed E-state index contributed by atoms with van der Waals surface area (Å²) < 4.78 is 5.10. The summed E-state index contributed by atoms with van der Waals surface area (Å²) in [6.07, 6.45) is 3.19. The van der Waals surface area contributed by atoms with E-state index in [-0.39, 0.29) is 30.9 Å². The molecule has 4 atom stereocenters. The third kappa shape index (κ3) is 5.03. The average Bonchev–Trinajstić information content (AvgIpc) is 2.64. The number of nitrogens with one attached hydrogen (secondary N) is 2. The molecule has 0 saturated heterocycles. The SMILES string of the molecule is C[C@@H]1[C@@H](C)CCC[C@H]1NC(=O)COC(=O)C[C@H]1Sc2ccccc2NC1=O. The molecule has 1 aliphatic carbocycles. The van der Waals surface area contributed by atoms with Gasteiger partial charge < -0.3 is 15.4 Å². The molecule has 146 valence electrons. The van der Waals surface area contributed by atoms with Gasteiger partial charge in [0.2, 0.25) is 5.91 Å². The molecule has 1 aromatic rings. The van der Waals surface area contributed by atoms with Crippen LogP contribution in [0.25, 0.3) is 0 Å². The lowest BCUT2D eigenvalue weighted by Gasteiger charge is -2.34.